The predicted molar refractivity (Wildman–Crippen MR) is 68.5 cm³/mol. The second kappa shape index (κ2) is 5.98. The lowest BCUT2D eigenvalue weighted by Gasteiger charge is -2.06. The molecule has 96 valence electrons. The van der Waals surface area contributed by atoms with Crippen molar-refractivity contribution >= 4 is 23.6 Å². The standard InChI is InChI=1S/C13H14ClNO3/c1-17-13(16)12-10(6-15-7-11(12)14)3-2-9-4-5-18-8-9/h2-3,6-7,9H,4-5,8H2,1H3/b3-2+. The van der Waals surface area contributed by atoms with E-state index >= 15 is 0 Å². The average Bonchev–Trinajstić information content (AvgIpc) is 2.88. The zero-order valence-electron chi connectivity index (χ0n) is 10.1. The van der Waals surface area contributed by atoms with Crippen LogP contribution in [0, 0.1) is 5.92 Å². The van der Waals surface area contributed by atoms with Crippen LogP contribution in [0.5, 0.6) is 0 Å². The Balaban J connectivity index is 2.26. The number of halogens is 1. The van der Waals surface area contributed by atoms with E-state index in [0.29, 0.717) is 22.1 Å². The smallest absolute Gasteiger partial charge is 0.340 e. The largest absolute Gasteiger partial charge is 0.465 e. The molecule has 2 heterocycles. The minimum Gasteiger partial charge on any atom is -0.465 e. The van der Waals surface area contributed by atoms with Crippen molar-refractivity contribution in [3.63, 3.8) is 0 Å². The molecule has 18 heavy (non-hydrogen) atoms. The molecule has 0 aromatic carbocycles. The van der Waals surface area contributed by atoms with E-state index in [1.54, 1.807) is 6.20 Å². The number of rotatable bonds is 3. The molecule has 1 saturated heterocycles. The van der Waals surface area contributed by atoms with Gasteiger partial charge < -0.3 is 9.47 Å². The number of nitrogens with zero attached hydrogens (tertiary/aromatic N) is 1. The van der Waals surface area contributed by atoms with Crippen LogP contribution in [0.4, 0.5) is 0 Å². The average molecular weight is 268 g/mol. The molecule has 5 heteroatoms. The van der Waals surface area contributed by atoms with Crippen LogP contribution in [-0.2, 0) is 9.47 Å². The Morgan fingerprint density at radius 2 is 2.44 bits per heavy atom. The zero-order valence-corrected chi connectivity index (χ0v) is 10.8. The molecule has 1 aromatic heterocycles. The molecule has 1 unspecified atom stereocenters. The SMILES string of the molecule is COC(=O)c1c(Cl)cncc1/C=C/C1CCOC1. The van der Waals surface area contributed by atoms with Crippen LogP contribution in [0.1, 0.15) is 22.3 Å². The monoisotopic (exact) mass is 267 g/mol. The summed E-state index contributed by atoms with van der Waals surface area (Å²) in [6.07, 6.45) is 7.91. The Labute approximate surface area is 111 Å². The van der Waals surface area contributed by atoms with Gasteiger partial charge in [0.05, 0.1) is 24.3 Å². The van der Waals surface area contributed by atoms with E-state index in [9.17, 15) is 4.79 Å². The van der Waals surface area contributed by atoms with Gasteiger partial charge >= 0.3 is 5.97 Å². The van der Waals surface area contributed by atoms with Crippen LogP contribution < -0.4 is 0 Å². The Hall–Kier alpha value is -1.39. The fourth-order valence-electron chi connectivity index (χ4n) is 1.84. The van der Waals surface area contributed by atoms with Crippen molar-refractivity contribution in [3.05, 3.63) is 34.6 Å². The second-order valence-corrected chi connectivity index (χ2v) is 4.47. The Bertz CT molecular complexity index is 467. The van der Waals surface area contributed by atoms with Crippen molar-refractivity contribution in [2.45, 2.75) is 6.42 Å². The highest BCUT2D eigenvalue weighted by Crippen LogP contribution is 2.22. The molecule has 0 amide bonds. The van der Waals surface area contributed by atoms with Crippen LogP contribution in [0.3, 0.4) is 0 Å². The fraction of sp³-hybridized carbons (Fsp3) is 0.385. The Morgan fingerprint density at radius 3 is 3.11 bits per heavy atom. The van der Waals surface area contributed by atoms with E-state index in [1.807, 2.05) is 12.2 Å². The van der Waals surface area contributed by atoms with Gasteiger partial charge in [0.15, 0.2) is 0 Å². The molecular weight excluding hydrogens is 254 g/mol. The third-order valence-electron chi connectivity index (χ3n) is 2.83. The first-order valence-electron chi connectivity index (χ1n) is 5.70. The molecule has 0 bridgehead atoms. The van der Waals surface area contributed by atoms with E-state index in [1.165, 1.54) is 13.3 Å². The summed E-state index contributed by atoms with van der Waals surface area (Å²) in [5, 5.41) is 0.298. The fourth-order valence-corrected chi connectivity index (χ4v) is 2.08. The summed E-state index contributed by atoms with van der Waals surface area (Å²) in [5.41, 5.74) is 1.02. The normalized spacial score (nSPS) is 19.3. The Kier molecular flexibility index (Phi) is 4.33. The molecule has 1 aliphatic heterocycles. The van der Waals surface area contributed by atoms with Gasteiger partial charge in [0, 0.05) is 30.5 Å². The van der Waals surface area contributed by atoms with Crippen molar-refractivity contribution in [1.29, 1.82) is 0 Å². The lowest BCUT2D eigenvalue weighted by atomic mass is 10.1. The summed E-state index contributed by atoms with van der Waals surface area (Å²) in [7, 11) is 1.33. The van der Waals surface area contributed by atoms with E-state index in [4.69, 9.17) is 21.1 Å². The van der Waals surface area contributed by atoms with Gasteiger partial charge in [-0.2, -0.15) is 0 Å². The summed E-state index contributed by atoms with van der Waals surface area (Å²) < 4.78 is 10.0. The Morgan fingerprint density at radius 1 is 1.61 bits per heavy atom. The number of ether oxygens (including phenoxy) is 2. The van der Waals surface area contributed by atoms with Crippen molar-refractivity contribution in [3.8, 4) is 0 Å². The predicted octanol–water partition coefficient (Wildman–Crippen LogP) is 2.57. The van der Waals surface area contributed by atoms with Gasteiger partial charge in [0.1, 0.15) is 0 Å². The molecule has 0 spiro atoms. The molecule has 0 N–H and O–H groups in total. The minimum atomic E-state index is -0.454. The lowest BCUT2D eigenvalue weighted by molar-refractivity contribution is 0.0600. The molecule has 0 radical (unpaired) electrons. The lowest BCUT2D eigenvalue weighted by Crippen LogP contribution is -2.05. The highest BCUT2D eigenvalue weighted by molar-refractivity contribution is 6.33. The first kappa shape index (κ1) is 13.1. The van der Waals surface area contributed by atoms with E-state index < -0.39 is 5.97 Å². The maximum absolute atomic E-state index is 11.7. The molecule has 1 aromatic rings. The number of pyridine rings is 1. The van der Waals surface area contributed by atoms with Gasteiger partial charge in [-0.15, -0.1) is 0 Å². The number of methoxy groups -OCH3 is 1. The van der Waals surface area contributed by atoms with Gasteiger partial charge in [-0.3, -0.25) is 4.98 Å². The quantitative estimate of drug-likeness (QED) is 0.790. The molecule has 0 aliphatic carbocycles. The van der Waals surface area contributed by atoms with E-state index in [2.05, 4.69) is 4.98 Å². The summed E-state index contributed by atoms with van der Waals surface area (Å²) in [5.74, 6) is -0.0702. The first-order valence-corrected chi connectivity index (χ1v) is 6.08. The van der Waals surface area contributed by atoms with Gasteiger partial charge in [0.25, 0.3) is 0 Å². The van der Waals surface area contributed by atoms with Crippen LogP contribution in [-0.4, -0.2) is 31.3 Å². The summed E-state index contributed by atoms with van der Waals surface area (Å²) in [6.45, 7) is 1.50. The number of esters is 1. The van der Waals surface area contributed by atoms with Crippen molar-refractivity contribution in [2.24, 2.45) is 5.92 Å². The van der Waals surface area contributed by atoms with Crippen molar-refractivity contribution < 1.29 is 14.3 Å². The molecule has 1 aliphatic rings. The first-order chi connectivity index (χ1) is 8.72. The third kappa shape index (κ3) is 2.89. The van der Waals surface area contributed by atoms with Crippen LogP contribution in [0.25, 0.3) is 6.08 Å². The van der Waals surface area contributed by atoms with Gasteiger partial charge in [-0.1, -0.05) is 23.8 Å². The highest BCUT2D eigenvalue weighted by Gasteiger charge is 2.16. The topological polar surface area (TPSA) is 48.4 Å². The van der Waals surface area contributed by atoms with Crippen molar-refractivity contribution in [1.82, 2.24) is 4.98 Å². The third-order valence-corrected chi connectivity index (χ3v) is 3.12. The molecule has 1 atom stereocenters. The number of hydrogen-bond donors (Lipinski definition) is 0. The second-order valence-electron chi connectivity index (χ2n) is 4.06. The van der Waals surface area contributed by atoms with Gasteiger partial charge in [-0.25, -0.2) is 4.79 Å². The minimum absolute atomic E-state index is 0.298. The van der Waals surface area contributed by atoms with Gasteiger partial charge in [0.2, 0.25) is 0 Å². The molecule has 2 rings (SSSR count). The number of carbonyl (C=O) groups excluding carboxylic acids is 1. The van der Waals surface area contributed by atoms with Crippen LogP contribution in [0.2, 0.25) is 5.02 Å². The molecular formula is C13H14ClNO3. The molecule has 0 saturated carbocycles. The summed E-state index contributed by atoms with van der Waals surface area (Å²) in [4.78, 5) is 15.6. The van der Waals surface area contributed by atoms with Crippen LogP contribution in [0.15, 0.2) is 18.5 Å². The van der Waals surface area contributed by atoms with Gasteiger partial charge in [-0.05, 0) is 6.42 Å². The summed E-state index contributed by atoms with van der Waals surface area (Å²) >= 11 is 5.98. The summed E-state index contributed by atoms with van der Waals surface area (Å²) in [6, 6.07) is 0. The van der Waals surface area contributed by atoms with E-state index in [-0.39, 0.29) is 0 Å². The molecule has 4 nitrogen and oxygen atoms in total. The van der Waals surface area contributed by atoms with Crippen LogP contribution >= 0.6 is 11.6 Å². The number of aromatic nitrogens is 1. The van der Waals surface area contributed by atoms with Crippen molar-refractivity contribution in [2.75, 3.05) is 20.3 Å². The highest BCUT2D eigenvalue weighted by atomic mass is 35.5. The maximum atomic E-state index is 11.7. The molecule has 1 fully saturated rings. The number of carbonyl (C=O) groups is 1. The van der Waals surface area contributed by atoms with E-state index in [0.717, 1.165) is 19.6 Å². The zero-order chi connectivity index (χ0) is 13.0. The maximum Gasteiger partial charge on any atom is 0.340 e. The number of hydrogen-bond acceptors (Lipinski definition) is 4.